The van der Waals surface area contributed by atoms with Crippen molar-refractivity contribution < 1.29 is 8.42 Å². The number of hydrogen-bond donors (Lipinski definition) is 0. The third-order valence-electron chi connectivity index (χ3n) is 1.57. The highest BCUT2D eigenvalue weighted by molar-refractivity contribution is 8.13. The van der Waals surface area contributed by atoms with Crippen molar-refractivity contribution in [2.75, 3.05) is 5.75 Å². The van der Waals surface area contributed by atoms with Gasteiger partial charge in [-0.3, -0.25) is 0 Å². The zero-order valence-electron chi connectivity index (χ0n) is 7.27. The van der Waals surface area contributed by atoms with Crippen LogP contribution in [0.15, 0.2) is 12.5 Å². The molecule has 1 aromatic rings. The fourth-order valence-electron chi connectivity index (χ4n) is 1.01. The summed E-state index contributed by atoms with van der Waals surface area (Å²) in [5, 5.41) is 0. The molecule has 0 unspecified atom stereocenters. The Labute approximate surface area is 82.0 Å². The summed E-state index contributed by atoms with van der Waals surface area (Å²) < 4.78 is 23.0. The van der Waals surface area contributed by atoms with E-state index in [1.54, 1.807) is 6.33 Å². The van der Waals surface area contributed by atoms with Crippen LogP contribution in [-0.2, 0) is 15.6 Å². The van der Waals surface area contributed by atoms with E-state index in [2.05, 4.69) is 4.98 Å². The van der Waals surface area contributed by atoms with Gasteiger partial charge in [0.05, 0.1) is 17.8 Å². The molecule has 1 aromatic heterocycles. The molecule has 0 fully saturated rings. The van der Waals surface area contributed by atoms with Crippen LogP contribution in [0.1, 0.15) is 12.1 Å². The number of nitrogens with zero attached hydrogens (tertiary/aromatic N) is 2. The molecule has 0 saturated carbocycles. The molecule has 0 spiro atoms. The van der Waals surface area contributed by atoms with Gasteiger partial charge in [-0.15, -0.1) is 0 Å². The number of aryl methyl sites for hydroxylation is 2. The van der Waals surface area contributed by atoms with Crippen molar-refractivity contribution in [3.63, 3.8) is 0 Å². The topological polar surface area (TPSA) is 52.0 Å². The maximum atomic E-state index is 10.6. The van der Waals surface area contributed by atoms with Gasteiger partial charge in [0.1, 0.15) is 0 Å². The van der Waals surface area contributed by atoms with E-state index >= 15 is 0 Å². The van der Waals surface area contributed by atoms with Gasteiger partial charge in [-0.1, -0.05) is 0 Å². The normalized spacial score (nSPS) is 11.8. The van der Waals surface area contributed by atoms with E-state index in [0.717, 1.165) is 5.69 Å². The molecule has 0 bridgehead atoms. The summed E-state index contributed by atoms with van der Waals surface area (Å²) in [6.07, 6.45) is 4.05. The Balaban J connectivity index is 2.36. The maximum absolute atomic E-state index is 10.6. The first kappa shape index (κ1) is 10.5. The van der Waals surface area contributed by atoms with Gasteiger partial charge in [0.25, 0.3) is 0 Å². The second-order valence-electron chi connectivity index (χ2n) is 2.85. The monoisotopic (exact) mass is 222 g/mol. The lowest BCUT2D eigenvalue weighted by molar-refractivity contribution is 0.599. The minimum Gasteiger partial charge on any atom is -0.337 e. The summed E-state index contributed by atoms with van der Waals surface area (Å²) in [5.74, 6) is 0.00574. The molecule has 1 heterocycles. The Kier molecular flexibility index (Phi) is 3.33. The van der Waals surface area contributed by atoms with Crippen LogP contribution in [0.25, 0.3) is 0 Å². The van der Waals surface area contributed by atoms with E-state index in [-0.39, 0.29) is 5.75 Å². The summed E-state index contributed by atoms with van der Waals surface area (Å²) in [5.41, 5.74) is 0.925. The Morgan fingerprint density at radius 2 is 2.31 bits per heavy atom. The molecule has 4 nitrogen and oxygen atoms in total. The lowest BCUT2D eigenvalue weighted by Gasteiger charge is -1.98. The lowest BCUT2D eigenvalue weighted by Crippen LogP contribution is -2.02. The lowest BCUT2D eigenvalue weighted by atomic mass is 10.5. The van der Waals surface area contributed by atoms with Crippen LogP contribution in [0.4, 0.5) is 0 Å². The fraction of sp³-hybridized carbons (Fsp3) is 0.571. The highest BCUT2D eigenvalue weighted by Gasteiger charge is 2.04. The highest BCUT2D eigenvalue weighted by Crippen LogP contribution is 2.01. The second-order valence-corrected chi connectivity index (χ2v) is 5.75. The third kappa shape index (κ3) is 4.28. The molecular weight excluding hydrogens is 212 g/mol. The first-order valence-corrected chi connectivity index (χ1v) is 6.36. The summed E-state index contributed by atoms with van der Waals surface area (Å²) in [4.78, 5) is 4.01. The Morgan fingerprint density at radius 1 is 1.62 bits per heavy atom. The molecule has 74 valence electrons. The number of aromatic nitrogens is 2. The van der Waals surface area contributed by atoms with Gasteiger partial charge in [-0.2, -0.15) is 0 Å². The largest absolute Gasteiger partial charge is 0.337 e. The predicted molar refractivity (Wildman–Crippen MR) is 51.2 cm³/mol. The number of rotatable bonds is 4. The van der Waals surface area contributed by atoms with Crippen LogP contribution >= 0.6 is 10.7 Å². The minimum absolute atomic E-state index is 0.00574. The minimum atomic E-state index is -3.35. The van der Waals surface area contributed by atoms with E-state index in [0.29, 0.717) is 13.0 Å². The highest BCUT2D eigenvalue weighted by atomic mass is 35.7. The van der Waals surface area contributed by atoms with Crippen LogP contribution in [0, 0.1) is 6.92 Å². The van der Waals surface area contributed by atoms with E-state index in [1.807, 2.05) is 17.7 Å². The molecule has 13 heavy (non-hydrogen) atoms. The standard InChI is InChI=1S/C7H11ClN2O2S/c1-7-5-10(6-9-7)3-2-4-13(8,11)12/h5-6H,2-4H2,1H3. The zero-order chi connectivity index (χ0) is 9.90. The molecule has 0 N–H and O–H groups in total. The predicted octanol–water partition coefficient (Wildman–Crippen LogP) is 1.15. The van der Waals surface area contributed by atoms with Crippen molar-refractivity contribution in [1.29, 1.82) is 0 Å². The zero-order valence-corrected chi connectivity index (χ0v) is 8.85. The fourth-order valence-corrected chi connectivity index (χ4v) is 1.81. The first-order valence-electron chi connectivity index (χ1n) is 3.88. The number of imidazole rings is 1. The Bertz CT molecular complexity index is 372. The van der Waals surface area contributed by atoms with E-state index in [4.69, 9.17) is 10.7 Å². The van der Waals surface area contributed by atoms with Crippen LogP contribution in [0.2, 0.25) is 0 Å². The van der Waals surface area contributed by atoms with Crippen LogP contribution in [0.5, 0.6) is 0 Å². The molecule has 0 amide bonds. The summed E-state index contributed by atoms with van der Waals surface area (Å²) in [7, 11) is 1.70. The molecule has 0 atom stereocenters. The average Bonchev–Trinajstić information content (AvgIpc) is 2.33. The van der Waals surface area contributed by atoms with Crippen LogP contribution in [0.3, 0.4) is 0 Å². The van der Waals surface area contributed by atoms with Crippen molar-refractivity contribution >= 4 is 19.7 Å². The molecule has 0 aliphatic rings. The molecule has 0 aliphatic heterocycles. The molecule has 6 heteroatoms. The van der Waals surface area contributed by atoms with Crippen molar-refractivity contribution in [3.8, 4) is 0 Å². The maximum Gasteiger partial charge on any atom is 0.232 e. The molecule has 0 saturated heterocycles. The summed E-state index contributed by atoms with van der Waals surface area (Å²) in [6, 6.07) is 0. The van der Waals surface area contributed by atoms with Crippen LogP contribution in [-0.4, -0.2) is 23.7 Å². The smallest absolute Gasteiger partial charge is 0.232 e. The van der Waals surface area contributed by atoms with E-state index < -0.39 is 9.05 Å². The third-order valence-corrected chi connectivity index (χ3v) is 2.81. The Hall–Kier alpha value is -0.550. The van der Waals surface area contributed by atoms with Gasteiger partial charge in [-0.25, -0.2) is 13.4 Å². The van der Waals surface area contributed by atoms with Crippen molar-refractivity contribution in [1.82, 2.24) is 9.55 Å². The van der Waals surface area contributed by atoms with Crippen molar-refractivity contribution in [2.45, 2.75) is 19.9 Å². The van der Waals surface area contributed by atoms with Gasteiger partial charge in [0, 0.05) is 23.4 Å². The van der Waals surface area contributed by atoms with Gasteiger partial charge in [-0.05, 0) is 13.3 Å². The first-order chi connectivity index (χ1) is 5.97. The van der Waals surface area contributed by atoms with E-state index in [9.17, 15) is 8.42 Å². The second kappa shape index (κ2) is 4.11. The van der Waals surface area contributed by atoms with Gasteiger partial charge in [0.15, 0.2) is 0 Å². The van der Waals surface area contributed by atoms with Crippen molar-refractivity contribution in [2.24, 2.45) is 0 Å². The SMILES string of the molecule is Cc1cn(CCCS(=O)(=O)Cl)cn1. The number of halogens is 1. The summed E-state index contributed by atoms with van der Waals surface area (Å²) in [6.45, 7) is 2.52. The molecule has 0 aromatic carbocycles. The average molecular weight is 223 g/mol. The molecule has 0 aliphatic carbocycles. The molecule has 0 radical (unpaired) electrons. The van der Waals surface area contributed by atoms with E-state index in [1.165, 1.54) is 0 Å². The molecule has 1 rings (SSSR count). The van der Waals surface area contributed by atoms with Gasteiger partial charge in [0.2, 0.25) is 9.05 Å². The van der Waals surface area contributed by atoms with Gasteiger partial charge >= 0.3 is 0 Å². The Morgan fingerprint density at radius 3 is 2.77 bits per heavy atom. The van der Waals surface area contributed by atoms with Gasteiger partial charge < -0.3 is 4.57 Å². The van der Waals surface area contributed by atoms with Crippen LogP contribution < -0.4 is 0 Å². The quantitative estimate of drug-likeness (QED) is 0.719. The van der Waals surface area contributed by atoms with Crippen molar-refractivity contribution in [3.05, 3.63) is 18.2 Å². The molecular formula is C7H11ClN2O2S. The number of hydrogen-bond acceptors (Lipinski definition) is 3. The summed E-state index contributed by atoms with van der Waals surface area (Å²) >= 11 is 0.